The molecule has 0 aliphatic heterocycles. The van der Waals surface area contributed by atoms with E-state index in [9.17, 15) is 4.79 Å². The number of halogens is 3. The number of carbonyl (C=O) groups is 1. The molecular weight excluding hydrogens is 515 g/mol. The molecule has 0 aromatic heterocycles. The highest BCUT2D eigenvalue weighted by Crippen LogP contribution is 2.34. The van der Waals surface area contributed by atoms with Crippen molar-refractivity contribution in [3.63, 3.8) is 0 Å². The number of nitrogens with one attached hydrogen (secondary N) is 1. The number of carbonyl (C=O) groups excluding carboxylic acids is 1. The fourth-order valence-corrected chi connectivity index (χ4v) is 3.71. The molecule has 166 valence electrons. The van der Waals surface area contributed by atoms with Gasteiger partial charge >= 0.3 is 0 Å². The lowest BCUT2D eigenvalue weighted by atomic mass is 10.1. The molecule has 3 aromatic carbocycles. The van der Waals surface area contributed by atoms with Gasteiger partial charge in [-0.25, -0.2) is 5.43 Å². The van der Waals surface area contributed by atoms with E-state index in [1.54, 1.807) is 30.5 Å². The van der Waals surface area contributed by atoms with Crippen molar-refractivity contribution in [1.29, 1.82) is 0 Å². The Morgan fingerprint density at radius 2 is 1.81 bits per heavy atom. The SMILES string of the molecule is CCOc1cc(/C=N/NC(=O)Cc2ccccc2)c(Br)cc1OCc1ccc(Cl)cc1Cl. The molecule has 0 heterocycles. The monoisotopic (exact) mass is 534 g/mol. The van der Waals surface area contributed by atoms with Gasteiger partial charge in [-0.3, -0.25) is 4.79 Å². The molecule has 8 heteroatoms. The van der Waals surface area contributed by atoms with E-state index in [4.69, 9.17) is 32.7 Å². The number of ether oxygens (including phenoxy) is 2. The van der Waals surface area contributed by atoms with Gasteiger partial charge in [-0.1, -0.05) is 59.6 Å². The molecule has 32 heavy (non-hydrogen) atoms. The summed E-state index contributed by atoms with van der Waals surface area (Å²) in [6.07, 6.45) is 1.80. The van der Waals surface area contributed by atoms with E-state index in [2.05, 4.69) is 26.5 Å². The molecule has 0 radical (unpaired) electrons. The van der Waals surface area contributed by atoms with Gasteiger partial charge in [0, 0.05) is 25.6 Å². The molecule has 0 bridgehead atoms. The lowest BCUT2D eigenvalue weighted by Gasteiger charge is -2.14. The Kier molecular flexibility index (Phi) is 8.97. The van der Waals surface area contributed by atoms with Crippen LogP contribution in [-0.2, 0) is 17.8 Å². The third-order valence-electron chi connectivity index (χ3n) is 4.36. The molecule has 5 nitrogen and oxygen atoms in total. The van der Waals surface area contributed by atoms with E-state index < -0.39 is 0 Å². The van der Waals surface area contributed by atoms with Crippen LogP contribution in [0.15, 0.2) is 70.2 Å². The van der Waals surface area contributed by atoms with E-state index in [0.29, 0.717) is 28.2 Å². The smallest absolute Gasteiger partial charge is 0.244 e. The van der Waals surface area contributed by atoms with Crippen molar-refractivity contribution in [2.24, 2.45) is 5.10 Å². The minimum absolute atomic E-state index is 0.201. The van der Waals surface area contributed by atoms with Crippen LogP contribution in [0.1, 0.15) is 23.6 Å². The zero-order valence-electron chi connectivity index (χ0n) is 17.3. The van der Waals surface area contributed by atoms with Gasteiger partial charge in [-0.2, -0.15) is 5.10 Å². The van der Waals surface area contributed by atoms with Crippen LogP contribution in [-0.4, -0.2) is 18.7 Å². The molecule has 1 amide bonds. The van der Waals surface area contributed by atoms with Gasteiger partial charge in [0.15, 0.2) is 11.5 Å². The van der Waals surface area contributed by atoms with Crippen LogP contribution in [0.2, 0.25) is 10.0 Å². The number of amides is 1. The maximum atomic E-state index is 12.1. The van der Waals surface area contributed by atoms with Crippen LogP contribution in [0.4, 0.5) is 0 Å². The Bertz CT molecular complexity index is 1110. The Hall–Kier alpha value is -2.54. The summed E-state index contributed by atoms with van der Waals surface area (Å²) in [7, 11) is 0. The van der Waals surface area contributed by atoms with Crippen LogP contribution >= 0.6 is 39.1 Å². The first-order chi connectivity index (χ1) is 15.5. The van der Waals surface area contributed by atoms with Crippen molar-refractivity contribution < 1.29 is 14.3 Å². The topological polar surface area (TPSA) is 59.9 Å². The number of hydrogen-bond donors (Lipinski definition) is 1. The Morgan fingerprint density at radius 3 is 2.53 bits per heavy atom. The highest BCUT2D eigenvalue weighted by Gasteiger charge is 2.12. The van der Waals surface area contributed by atoms with Gasteiger partial charge in [-0.15, -0.1) is 0 Å². The Morgan fingerprint density at radius 1 is 1.06 bits per heavy atom. The predicted octanol–water partition coefficient (Wildman–Crippen LogP) is 6.43. The number of benzene rings is 3. The van der Waals surface area contributed by atoms with Crippen LogP contribution in [0, 0.1) is 0 Å². The molecule has 0 atom stereocenters. The molecule has 0 spiro atoms. The van der Waals surface area contributed by atoms with E-state index in [-0.39, 0.29) is 18.9 Å². The van der Waals surface area contributed by atoms with Crippen molar-refractivity contribution in [1.82, 2.24) is 5.43 Å². The normalized spacial score (nSPS) is 10.9. The fraction of sp³-hybridized carbons (Fsp3) is 0.167. The summed E-state index contributed by atoms with van der Waals surface area (Å²) in [5.74, 6) is 0.904. The van der Waals surface area contributed by atoms with Crippen molar-refractivity contribution in [3.8, 4) is 11.5 Å². The van der Waals surface area contributed by atoms with Gasteiger partial charge in [0.1, 0.15) is 6.61 Å². The number of nitrogens with zero attached hydrogens (tertiary/aromatic N) is 1. The summed E-state index contributed by atoms with van der Waals surface area (Å²) < 4.78 is 12.4. The van der Waals surface area contributed by atoms with E-state index in [1.165, 1.54) is 0 Å². The predicted molar refractivity (Wildman–Crippen MR) is 132 cm³/mol. The summed E-state index contributed by atoms with van der Waals surface area (Å²) in [6.45, 7) is 2.61. The minimum Gasteiger partial charge on any atom is -0.490 e. The van der Waals surface area contributed by atoms with Crippen molar-refractivity contribution in [2.75, 3.05) is 6.61 Å². The van der Waals surface area contributed by atoms with Crippen LogP contribution in [0.3, 0.4) is 0 Å². The summed E-state index contributed by atoms with van der Waals surface area (Å²) in [4.78, 5) is 12.1. The van der Waals surface area contributed by atoms with Crippen LogP contribution in [0.25, 0.3) is 0 Å². The number of rotatable bonds is 9. The maximum absolute atomic E-state index is 12.1. The van der Waals surface area contributed by atoms with E-state index in [0.717, 1.165) is 21.2 Å². The molecule has 3 aromatic rings. The number of hydrazone groups is 1. The Balaban J connectivity index is 1.68. The first kappa shape index (κ1) is 24.1. The average Bonchev–Trinajstić information content (AvgIpc) is 2.76. The molecular formula is C24H21BrCl2N2O3. The summed E-state index contributed by atoms with van der Waals surface area (Å²) >= 11 is 15.7. The largest absolute Gasteiger partial charge is 0.490 e. The third kappa shape index (κ3) is 6.99. The highest BCUT2D eigenvalue weighted by atomic mass is 79.9. The molecule has 1 N–H and O–H groups in total. The lowest BCUT2D eigenvalue weighted by Crippen LogP contribution is -2.19. The summed E-state index contributed by atoms with van der Waals surface area (Å²) in [5, 5.41) is 5.16. The van der Waals surface area contributed by atoms with E-state index >= 15 is 0 Å². The first-order valence-corrected chi connectivity index (χ1v) is 11.4. The molecule has 0 fully saturated rings. The molecule has 0 aliphatic rings. The zero-order chi connectivity index (χ0) is 22.9. The Labute approximate surface area is 205 Å². The van der Waals surface area contributed by atoms with Gasteiger partial charge in [0.25, 0.3) is 0 Å². The second kappa shape index (κ2) is 11.9. The van der Waals surface area contributed by atoms with Gasteiger partial charge in [0.05, 0.1) is 19.2 Å². The van der Waals surface area contributed by atoms with Crippen LogP contribution < -0.4 is 14.9 Å². The fourth-order valence-electron chi connectivity index (χ4n) is 2.82. The third-order valence-corrected chi connectivity index (χ3v) is 5.64. The minimum atomic E-state index is -0.201. The molecule has 0 aliphatic carbocycles. The van der Waals surface area contributed by atoms with Crippen molar-refractivity contribution in [3.05, 3.63) is 91.9 Å². The van der Waals surface area contributed by atoms with E-state index in [1.807, 2.05) is 43.3 Å². The average molecular weight is 536 g/mol. The van der Waals surface area contributed by atoms with Gasteiger partial charge < -0.3 is 9.47 Å². The van der Waals surface area contributed by atoms with Gasteiger partial charge in [0.2, 0.25) is 5.91 Å². The quantitative estimate of drug-likeness (QED) is 0.254. The number of hydrogen-bond acceptors (Lipinski definition) is 4. The standard InChI is InChI=1S/C24H21BrCl2N2O3/c1-2-31-22-11-18(14-28-29-24(30)10-16-6-4-3-5-7-16)20(25)13-23(22)32-15-17-8-9-19(26)12-21(17)27/h3-9,11-14H,2,10,15H2,1H3,(H,29,30)/b28-14+. The maximum Gasteiger partial charge on any atom is 0.244 e. The van der Waals surface area contributed by atoms with Crippen molar-refractivity contribution in [2.45, 2.75) is 20.0 Å². The summed E-state index contributed by atoms with van der Waals surface area (Å²) in [5.41, 5.74) is 5.00. The second-order valence-corrected chi connectivity index (χ2v) is 8.43. The lowest BCUT2D eigenvalue weighted by molar-refractivity contribution is -0.120. The molecule has 0 saturated heterocycles. The second-order valence-electron chi connectivity index (χ2n) is 6.73. The van der Waals surface area contributed by atoms with Gasteiger partial charge in [-0.05, 0) is 52.7 Å². The molecule has 0 unspecified atom stereocenters. The molecule has 3 rings (SSSR count). The highest BCUT2D eigenvalue weighted by molar-refractivity contribution is 9.10. The molecule has 0 saturated carbocycles. The zero-order valence-corrected chi connectivity index (χ0v) is 20.4. The van der Waals surface area contributed by atoms with Crippen molar-refractivity contribution >= 4 is 51.3 Å². The summed E-state index contributed by atoms with van der Waals surface area (Å²) in [6, 6.07) is 18.3. The first-order valence-electron chi connectivity index (χ1n) is 9.85. The van der Waals surface area contributed by atoms with Crippen LogP contribution in [0.5, 0.6) is 11.5 Å².